The second-order valence-corrected chi connectivity index (χ2v) is 12.0. The van der Waals surface area contributed by atoms with E-state index in [-0.39, 0.29) is 18.0 Å². The lowest BCUT2D eigenvalue weighted by Gasteiger charge is -2.15. The fourth-order valence-corrected chi connectivity index (χ4v) is 2.77. The van der Waals surface area contributed by atoms with Gasteiger partial charge in [-0.1, -0.05) is 37.8 Å². The number of carboxylic acid groups (broad SMARTS) is 1. The summed E-state index contributed by atoms with van der Waals surface area (Å²) in [5.41, 5.74) is -0.474. The van der Waals surface area contributed by atoms with E-state index in [0.717, 1.165) is 10.7 Å². The molecule has 0 saturated heterocycles. The number of benzene rings is 1. The molecule has 7 heteroatoms. The summed E-state index contributed by atoms with van der Waals surface area (Å²) in [6, 6.07) is 7.55. The molecule has 0 fully saturated rings. The highest BCUT2D eigenvalue weighted by Crippen LogP contribution is 2.13. The monoisotopic (exact) mass is 320 g/mol. The molecule has 0 aliphatic rings. The first kappa shape index (κ1) is 16.4. The summed E-state index contributed by atoms with van der Waals surface area (Å²) in [5, 5.41) is 13.9. The van der Waals surface area contributed by atoms with Crippen molar-refractivity contribution in [3.8, 4) is 0 Å². The van der Waals surface area contributed by atoms with Crippen LogP contribution in [0.25, 0.3) is 10.8 Å². The molecule has 0 atom stereocenters. The molecule has 0 aliphatic carbocycles. The Morgan fingerprint density at radius 1 is 1.27 bits per heavy atom. The first-order valence-corrected chi connectivity index (χ1v) is 10.8. The fourth-order valence-electron chi connectivity index (χ4n) is 2.01. The first-order valence-electron chi connectivity index (χ1n) is 7.10. The van der Waals surface area contributed by atoms with Gasteiger partial charge in [-0.3, -0.25) is 4.79 Å². The zero-order valence-corrected chi connectivity index (χ0v) is 14.0. The third-order valence-electron chi connectivity index (χ3n) is 3.28. The summed E-state index contributed by atoms with van der Waals surface area (Å²) in [5.74, 6) is -1.16. The van der Waals surface area contributed by atoms with Crippen LogP contribution in [0, 0.1) is 0 Å². The van der Waals surface area contributed by atoms with Crippen LogP contribution < -0.4 is 5.56 Å². The molecule has 2 aromatic rings. The lowest BCUT2D eigenvalue weighted by molar-refractivity contribution is 0.0656. The average molecular weight is 320 g/mol. The smallest absolute Gasteiger partial charge is 0.357 e. The van der Waals surface area contributed by atoms with E-state index in [9.17, 15) is 14.7 Å². The molecule has 0 radical (unpaired) electrons. The van der Waals surface area contributed by atoms with E-state index in [2.05, 4.69) is 24.7 Å². The van der Waals surface area contributed by atoms with Crippen molar-refractivity contribution in [2.75, 3.05) is 6.61 Å². The van der Waals surface area contributed by atoms with E-state index in [0.29, 0.717) is 17.4 Å². The highest BCUT2D eigenvalue weighted by atomic mass is 28.3. The zero-order chi connectivity index (χ0) is 16.3. The number of carboxylic acids is 1. The van der Waals surface area contributed by atoms with E-state index in [1.165, 1.54) is 0 Å². The van der Waals surface area contributed by atoms with Crippen LogP contribution >= 0.6 is 0 Å². The number of hydrogen-bond acceptors (Lipinski definition) is 4. The highest BCUT2D eigenvalue weighted by Gasteiger charge is 2.16. The highest BCUT2D eigenvalue weighted by molar-refractivity contribution is 6.76. The van der Waals surface area contributed by atoms with Gasteiger partial charge in [-0.2, -0.15) is 5.10 Å². The van der Waals surface area contributed by atoms with Crippen LogP contribution in [0.5, 0.6) is 0 Å². The molecule has 0 amide bonds. The van der Waals surface area contributed by atoms with Crippen molar-refractivity contribution in [1.82, 2.24) is 9.78 Å². The summed E-state index contributed by atoms with van der Waals surface area (Å²) in [7, 11) is -1.21. The van der Waals surface area contributed by atoms with Gasteiger partial charge in [0.2, 0.25) is 0 Å². The van der Waals surface area contributed by atoms with E-state index in [1.54, 1.807) is 24.3 Å². The van der Waals surface area contributed by atoms with Crippen LogP contribution in [-0.2, 0) is 11.5 Å². The van der Waals surface area contributed by atoms with Crippen molar-refractivity contribution in [2.24, 2.45) is 0 Å². The molecular weight excluding hydrogens is 300 g/mol. The van der Waals surface area contributed by atoms with Crippen molar-refractivity contribution in [3.05, 3.63) is 40.3 Å². The maximum absolute atomic E-state index is 12.3. The summed E-state index contributed by atoms with van der Waals surface area (Å²) >= 11 is 0. The fraction of sp³-hybridized carbons (Fsp3) is 0.400. The number of rotatable bonds is 6. The number of aromatic nitrogens is 2. The van der Waals surface area contributed by atoms with Crippen LogP contribution in [-0.4, -0.2) is 35.5 Å². The SMILES string of the molecule is C[Si](C)(C)CCOCn1nc(C(=O)O)c2ccccc2c1=O. The van der Waals surface area contributed by atoms with Crippen molar-refractivity contribution >= 4 is 24.8 Å². The Morgan fingerprint density at radius 3 is 2.50 bits per heavy atom. The minimum absolute atomic E-state index is 0.0333. The molecule has 1 N–H and O–H groups in total. The Hall–Kier alpha value is -1.99. The van der Waals surface area contributed by atoms with Crippen molar-refractivity contribution in [2.45, 2.75) is 32.4 Å². The summed E-state index contributed by atoms with van der Waals surface area (Å²) < 4.78 is 6.58. The van der Waals surface area contributed by atoms with E-state index >= 15 is 0 Å². The Balaban J connectivity index is 2.29. The number of aromatic carboxylic acids is 1. The zero-order valence-electron chi connectivity index (χ0n) is 13.0. The summed E-state index contributed by atoms with van der Waals surface area (Å²) in [6.07, 6.45) is 0. The molecule has 118 valence electrons. The topological polar surface area (TPSA) is 81.4 Å². The van der Waals surface area contributed by atoms with E-state index < -0.39 is 14.0 Å². The van der Waals surface area contributed by atoms with Gasteiger partial charge in [-0.25, -0.2) is 9.48 Å². The predicted molar refractivity (Wildman–Crippen MR) is 87.1 cm³/mol. The average Bonchev–Trinajstić information content (AvgIpc) is 2.44. The van der Waals surface area contributed by atoms with Crippen molar-refractivity contribution in [3.63, 3.8) is 0 Å². The second kappa shape index (κ2) is 6.41. The quantitative estimate of drug-likeness (QED) is 0.653. The van der Waals surface area contributed by atoms with Crippen LogP contribution in [0.4, 0.5) is 0 Å². The van der Waals surface area contributed by atoms with Gasteiger partial charge in [-0.05, 0) is 12.1 Å². The molecule has 1 heterocycles. The van der Waals surface area contributed by atoms with Crippen molar-refractivity contribution in [1.29, 1.82) is 0 Å². The normalized spacial score (nSPS) is 11.8. The third-order valence-corrected chi connectivity index (χ3v) is 4.98. The van der Waals surface area contributed by atoms with Crippen molar-refractivity contribution < 1.29 is 14.6 Å². The minimum Gasteiger partial charge on any atom is -0.476 e. The van der Waals surface area contributed by atoms with E-state index in [1.807, 2.05) is 0 Å². The molecule has 6 nitrogen and oxygen atoms in total. The Labute approximate surface area is 129 Å². The molecular formula is C15H20N2O4Si. The van der Waals surface area contributed by atoms with Crippen LogP contribution in [0.2, 0.25) is 25.7 Å². The Bertz CT molecular complexity index is 749. The Morgan fingerprint density at radius 2 is 1.91 bits per heavy atom. The molecule has 0 unspecified atom stereocenters. The maximum Gasteiger partial charge on any atom is 0.357 e. The molecule has 2 rings (SSSR count). The van der Waals surface area contributed by atoms with Gasteiger partial charge >= 0.3 is 5.97 Å². The molecule has 1 aromatic heterocycles. The first-order chi connectivity index (χ1) is 10.3. The molecule has 0 bridgehead atoms. The van der Waals surface area contributed by atoms with Gasteiger partial charge in [0, 0.05) is 20.1 Å². The molecule has 0 saturated carbocycles. The van der Waals surface area contributed by atoms with Gasteiger partial charge in [0.1, 0.15) is 6.73 Å². The number of ether oxygens (including phenoxy) is 1. The van der Waals surface area contributed by atoms with Gasteiger partial charge in [0.25, 0.3) is 5.56 Å². The lowest BCUT2D eigenvalue weighted by atomic mass is 10.1. The van der Waals surface area contributed by atoms with E-state index in [4.69, 9.17) is 4.74 Å². The molecule has 22 heavy (non-hydrogen) atoms. The molecule has 0 spiro atoms. The van der Waals surface area contributed by atoms with Crippen LogP contribution in [0.15, 0.2) is 29.1 Å². The van der Waals surface area contributed by atoms with Gasteiger partial charge in [0.05, 0.1) is 5.39 Å². The van der Waals surface area contributed by atoms with Gasteiger partial charge in [0.15, 0.2) is 5.69 Å². The maximum atomic E-state index is 12.3. The number of fused-ring (bicyclic) bond motifs is 1. The second-order valence-electron chi connectivity index (χ2n) is 6.35. The standard InChI is InChI=1S/C15H20N2O4Si/c1-22(2,3)9-8-21-10-17-14(18)12-7-5-4-6-11(12)13(16-17)15(19)20/h4-7H,8-10H2,1-3H3,(H,19,20). The predicted octanol–water partition coefficient (Wildman–Crippen LogP) is 2.41. The van der Waals surface area contributed by atoms with Gasteiger partial charge < -0.3 is 9.84 Å². The minimum atomic E-state index is -1.21. The van der Waals surface area contributed by atoms with Gasteiger partial charge in [-0.15, -0.1) is 0 Å². The number of nitrogens with zero attached hydrogens (tertiary/aromatic N) is 2. The van der Waals surface area contributed by atoms with Crippen LogP contribution in [0.1, 0.15) is 10.5 Å². The largest absolute Gasteiger partial charge is 0.476 e. The molecule has 0 aliphatic heterocycles. The number of carbonyl (C=O) groups is 1. The summed E-state index contributed by atoms with van der Waals surface area (Å²) in [6.45, 7) is 7.21. The molecule has 1 aromatic carbocycles. The van der Waals surface area contributed by atoms with Crippen LogP contribution in [0.3, 0.4) is 0 Å². The Kier molecular flexibility index (Phi) is 4.77. The lowest BCUT2D eigenvalue weighted by Crippen LogP contribution is -2.28. The number of hydrogen-bond donors (Lipinski definition) is 1. The summed E-state index contributed by atoms with van der Waals surface area (Å²) in [4.78, 5) is 23.7. The third kappa shape index (κ3) is 3.80.